The first kappa shape index (κ1) is 14.6. The van der Waals surface area contributed by atoms with Gasteiger partial charge >= 0.3 is 0 Å². The van der Waals surface area contributed by atoms with Crippen molar-refractivity contribution in [2.24, 2.45) is 0 Å². The summed E-state index contributed by atoms with van der Waals surface area (Å²) in [7, 11) is 0. The van der Waals surface area contributed by atoms with Crippen LogP contribution in [-0.2, 0) is 0 Å². The minimum Gasteiger partial charge on any atom is -0.0991 e. The standard InChI is InChI=1S/C19H21P/c1-4-5-12-17(2)20(3,18-13-8-6-9-14-18)19-15-10-7-11-16-19/h4-16H,1H2,2-3H3/b12-5-. The molecule has 0 aromatic heterocycles. The molecule has 2 aromatic carbocycles. The van der Waals surface area contributed by atoms with Gasteiger partial charge in [0.1, 0.15) is 0 Å². The Hall–Kier alpha value is -1.78. The van der Waals surface area contributed by atoms with Crippen molar-refractivity contribution in [1.29, 1.82) is 0 Å². The smallest absolute Gasteiger partial charge is 0.0202 e. The first-order chi connectivity index (χ1) is 9.69. The zero-order valence-electron chi connectivity index (χ0n) is 12.2. The Bertz CT molecular complexity index is 605. The lowest BCUT2D eigenvalue weighted by Crippen LogP contribution is -2.19. The Morgan fingerprint density at radius 3 is 1.75 bits per heavy atom. The normalized spacial score (nSPS) is 11.5. The molecule has 0 aliphatic rings. The molecular weight excluding hydrogens is 259 g/mol. The topological polar surface area (TPSA) is 0 Å². The monoisotopic (exact) mass is 280 g/mol. The molecular formula is C19H21P. The molecule has 0 amide bonds. The molecule has 0 saturated heterocycles. The SMILES string of the molecule is C=C/C=C\C(C)=P(C)(c1ccccc1)c1ccccc1. The summed E-state index contributed by atoms with van der Waals surface area (Å²) in [5.74, 6) is 0. The molecule has 0 saturated carbocycles. The summed E-state index contributed by atoms with van der Waals surface area (Å²) in [6, 6.07) is 21.6. The van der Waals surface area contributed by atoms with E-state index in [9.17, 15) is 0 Å². The van der Waals surface area contributed by atoms with Gasteiger partial charge < -0.3 is 0 Å². The van der Waals surface area contributed by atoms with Crippen LogP contribution in [0.25, 0.3) is 0 Å². The fraction of sp³-hybridized carbons (Fsp3) is 0.105. The molecule has 0 bridgehead atoms. The molecule has 0 atom stereocenters. The van der Waals surface area contributed by atoms with Crippen molar-refractivity contribution < 1.29 is 0 Å². The van der Waals surface area contributed by atoms with Gasteiger partial charge in [0.15, 0.2) is 0 Å². The summed E-state index contributed by atoms with van der Waals surface area (Å²) >= 11 is 0. The maximum atomic E-state index is 3.77. The third-order valence-electron chi connectivity index (χ3n) is 3.72. The highest BCUT2D eigenvalue weighted by Crippen LogP contribution is 2.43. The lowest BCUT2D eigenvalue weighted by Gasteiger charge is -2.25. The fourth-order valence-corrected chi connectivity index (χ4v) is 5.40. The van der Waals surface area contributed by atoms with E-state index in [1.54, 1.807) is 0 Å². The minimum absolute atomic E-state index is 1.41. The predicted molar refractivity (Wildman–Crippen MR) is 95.0 cm³/mol. The van der Waals surface area contributed by atoms with Crippen LogP contribution >= 0.6 is 6.89 Å². The summed E-state index contributed by atoms with van der Waals surface area (Å²) < 4.78 is 0. The van der Waals surface area contributed by atoms with Gasteiger partial charge in [-0.2, -0.15) is 0 Å². The number of hydrogen-bond donors (Lipinski definition) is 0. The zero-order valence-corrected chi connectivity index (χ0v) is 13.1. The Balaban J connectivity index is 2.74. The van der Waals surface area contributed by atoms with Crippen LogP contribution in [0.3, 0.4) is 0 Å². The van der Waals surface area contributed by atoms with Gasteiger partial charge in [0.25, 0.3) is 0 Å². The molecule has 0 fully saturated rings. The van der Waals surface area contributed by atoms with Gasteiger partial charge in [-0.25, -0.2) is 0 Å². The number of rotatable bonds is 4. The summed E-state index contributed by atoms with van der Waals surface area (Å²) in [5.41, 5.74) is 0. The molecule has 0 N–H and O–H groups in total. The molecule has 2 aromatic rings. The van der Waals surface area contributed by atoms with Crippen molar-refractivity contribution in [1.82, 2.24) is 0 Å². The third kappa shape index (κ3) is 2.86. The van der Waals surface area contributed by atoms with Gasteiger partial charge in [-0.05, 0) is 29.5 Å². The average molecular weight is 280 g/mol. The van der Waals surface area contributed by atoms with Gasteiger partial charge in [-0.15, -0.1) is 0 Å². The van der Waals surface area contributed by atoms with Crippen molar-refractivity contribution in [2.75, 3.05) is 6.66 Å². The van der Waals surface area contributed by atoms with E-state index in [0.717, 1.165) is 0 Å². The number of hydrogen-bond acceptors (Lipinski definition) is 0. The quantitative estimate of drug-likeness (QED) is 0.581. The van der Waals surface area contributed by atoms with E-state index in [0.29, 0.717) is 0 Å². The van der Waals surface area contributed by atoms with E-state index in [-0.39, 0.29) is 0 Å². The average Bonchev–Trinajstić information content (AvgIpc) is 2.53. The van der Waals surface area contributed by atoms with E-state index in [4.69, 9.17) is 0 Å². The first-order valence-corrected chi connectivity index (χ1v) is 9.04. The van der Waals surface area contributed by atoms with Crippen LogP contribution in [0.4, 0.5) is 0 Å². The Kier molecular flexibility index (Phi) is 4.82. The van der Waals surface area contributed by atoms with E-state index in [2.05, 4.69) is 86.9 Å². The maximum Gasteiger partial charge on any atom is -0.0202 e. The first-order valence-electron chi connectivity index (χ1n) is 6.80. The summed E-state index contributed by atoms with van der Waals surface area (Å²) in [5, 5.41) is 4.24. The molecule has 0 aliphatic carbocycles. The molecule has 0 aliphatic heterocycles. The van der Waals surface area contributed by atoms with Crippen molar-refractivity contribution in [3.8, 4) is 0 Å². The van der Waals surface area contributed by atoms with E-state index in [1.807, 2.05) is 12.2 Å². The van der Waals surface area contributed by atoms with Gasteiger partial charge in [-0.3, -0.25) is 0 Å². The molecule has 1 heteroatoms. The molecule has 2 rings (SSSR count). The molecule has 0 nitrogen and oxygen atoms in total. The predicted octanol–water partition coefficient (Wildman–Crippen LogP) is 4.22. The van der Waals surface area contributed by atoms with Gasteiger partial charge in [0, 0.05) is 0 Å². The van der Waals surface area contributed by atoms with Crippen molar-refractivity contribution >= 4 is 22.8 Å². The summed E-state index contributed by atoms with van der Waals surface area (Å²) in [6.45, 7) is 6.88. The van der Waals surface area contributed by atoms with Crippen LogP contribution in [0.5, 0.6) is 0 Å². The van der Waals surface area contributed by atoms with Gasteiger partial charge in [0.05, 0.1) is 0 Å². The van der Waals surface area contributed by atoms with Crippen LogP contribution in [0.2, 0.25) is 0 Å². The lowest BCUT2D eigenvalue weighted by atomic mass is 10.4. The molecule has 20 heavy (non-hydrogen) atoms. The maximum absolute atomic E-state index is 3.77. The van der Waals surface area contributed by atoms with Crippen molar-refractivity contribution in [2.45, 2.75) is 6.92 Å². The Morgan fingerprint density at radius 1 is 0.900 bits per heavy atom. The van der Waals surface area contributed by atoms with Gasteiger partial charge in [0.2, 0.25) is 0 Å². The highest BCUT2D eigenvalue weighted by Gasteiger charge is 2.18. The summed E-state index contributed by atoms with van der Waals surface area (Å²) in [4.78, 5) is 0. The number of allylic oxidation sites excluding steroid dienone is 3. The molecule has 0 heterocycles. The van der Waals surface area contributed by atoms with Crippen LogP contribution in [0.1, 0.15) is 6.92 Å². The third-order valence-corrected chi connectivity index (χ3v) is 7.95. The minimum atomic E-state index is -1.51. The van der Waals surface area contributed by atoms with Crippen LogP contribution in [-0.4, -0.2) is 12.0 Å². The second-order valence-electron chi connectivity index (χ2n) is 4.91. The van der Waals surface area contributed by atoms with Crippen molar-refractivity contribution in [3.05, 3.63) is 85.5 Å². The second kappa shape index (κ2) is 6.59. The zero-order chi connectivity index (χ0) is 14.4. The highest BCUT2D eigenvalue weighted by atomic mass is 31.2. The lowest BCUT2D eigenvalue weighted by molar-refractivity contribution is 1.74. The van der Waals surface area contributed by atoms with E-state index < -0.39 is 6.89 Å². The second-order valence-corrected chi connectivity index (χ2v) is 8.66. The van der Waals surface area contributed by atoms with Crippen LogP contribution in [0, 0.1) is 0 Å². The van der Waals surface area contributed by atoms with E-state index in [1.165, 1.54) is 15.9 Å². The highest BCUT2D eigenvalue weighted by molar-refractivity contribution is 7.89. The molecule has 0 radical (unpaired) electrons. The summed E-state index contributed by atoms with van der Waals surface area (Å²) in [6.07, 6.45) is 6.06. The molecule has 102 valence electrons. The largest absolute Gasteiger partial charge is 0.0991 e. The van der Waals surface area contributed by atoms with Crippen molar-refractivity contribution in [3.63, 3.8) is 0 Å². The van der Waals surface area contributed by atoms with Gasteiger partial charge in [-0.1, -0.05) is 92.4 Å². The Morgan fingerprint density at radius 2 is 1.35 bits per heavy atom. The van der Waals surface area contributed by atoms with Crippen LogP contribution in [0.15, 0.2) is 85.5 Å². The fourth-order valence-electron chi connectivity index (χ4n) is 2.36. The van der Waals surface area contributed by atoms with E-state index >= 15 is 0 Å². The number of benzene rings is 2. The molecule has 0 spiro atoms. The van der Waals surface area contributed by atoms with Crippen LogP contribution < -0.4 is 10.6 Å². The Labute approximate surface area is 122 Å². The molecule has 0 unspecified atom stereocenters.